The molecule has 1 N–H and O–H groups in total. The molecule has 0 amide bonds. The van der Waals surface area contributed by atoms with E-state index in [4.69, 9.17) is 9.47 Å². The van der Waals surface area contributed by atoms with Gasteiger partial charge in [-0.2, -0.15) is 0 Å². The van der Waals surface area contributed by atoms with Gasteiger partial charge in [-0.15, -0.1) is 0 Å². The van der Waals surface area contributed by atoms with Gasteiger partial charge in [-0.25, -0.2) is 18.4 Å². The van der Waals surface area contributed by atoms with Crippen LogP contribution >= 0.6 is 0 Å². The summed E-state index contributed by atoms with van der Waals surface area (Å²) in [6.07, 6.45) is 5.17. The van der Waals surface area contributed by atoms with Gasteiger partial charge in [0, 0.05) is 24.1 Å². The summed E-state index contributed by atoms with van der Waals surface area (Å²) in [7, 11) is -2.21. The Labute approximate surface area is 186 Å². The van der Waals surface area contributed by atoms with Gasteiger partial charge in [-0.05, 0) is 73.5 Å². The summed E-state index contributed by atoms with van der Waals surface area (Å²) in [6, 6.07) is 15.4. The molecular weight excluding hydrogens is 428 g/mol. The quantitative estimate of drug-likeness (QED) is 0.446. The van der Waals surface area contributed by atoms with Crippen LogP contribution in [0.25, 0.3) is 5.82 Å². The van der Waals surface area contributed by atoms with Crippen LogP contribution in [-0.4, -0.2) is 30.1 Å². The van der Waals surface area contributed by atoms with Gasteiger partial charge in [0.05, 0.1) is 12.0 Å². The molecule has 164 valence electrons. The fourth-order valence-electron chi connectivity index (χ4n) is 3.21. The number of ether oxygens (including phenoxy) is 2. The Bertz CT molecular complexity index is 1340. The number of nitrogens with zero attached hydrogens (tertiary/aromatic N) is 3. The van der Waals surface area contributed by atoms with Gasteiger partial charge in [0.2, 0.25) is 5.88 Å². The monoisotopic (exact) mass is 450 g/mol. The number of nitrogens with one attached hydrogen (secondary N) is 1. The zero-order valence-corrected chi connectivity index (χ0v) is 18.6. The van der Waals surface area contributed by atoms with E-state index in [0.717, 1.165) is 5.56 Å². The fraction of sp³-hybridized carbons (Fsp3) is 0.130. The molecule has 0 unspecified atom stereocenters. The second-order valence-corrected chi connectivity index (χ2v) is 8.77. The van der Waals surface area contributed by atoms with Gasteiger partial charge < -0.3 is 14.0 Å². The lowest BCUT2D eigenvalue weighted by atomic mass is 10.1. The van der Waals surface area contributed by atoms with Crippen LogP contribution in [0.15, 0.2) is 78.2 Å². The first-order valence-electron chi connectivity index (χ1n) is 9.77. The lowest BCUT2D eigenvalue weighted by molar-refractivity contribution is 0.411. The van der Waals surface area contributed by atoms with Crippen molar-refractivity contribution < 1.29 is 17.9 Å². The number of aromatic nitrogens is 3. The van der Waals surface area contributed by atoms with Crippen molar-refractivity contribution in [2.75, 3.05) is 11.8 Å². The molecule has 9 heteroatoms. The highest BCUT2D eigenvalue weighted by molar-refractivity contribution is 7.92. The summed E-state index contributed by atoms with van der Waals surface area (Å²) in [6.45, 7) is 3.54. The number of hydrogen-bond donors (Lipinski definition) is 1. The standard InChI is InChI=1S/C23H22N4O4S/c1-16-13-21(17(2)12-20(16)30-3)32(28,29)26-18-6-8-19(9-7-18)31-23-14-22(24-15-25-23)27-10-4-5-11-27/h4-15,26H,1-3H3. The van der Waals surface area contributed by atoms with Crippen molar-refractivity contribution in [3.05, 3.63) is 84.4 Å². The molecule has 0 atom stereocenters. The van der Waals surface area contributed by atoms with Gasteiger partial charge in [0.1, 0.15) is 23.6 Å². The second-order valence-electron chi connectivity index (χ2n) is 7.12. The van der Waals surface area contributed by atoms with E-state index in [1.165, 1.54) is 6.33 Å². The van der Waals surface area contributed by atoms with E-state index < -0.39 is 10.0 Å². The van der Waals surface area contributed by atoms with Crippen LogP contribution in [-0.2, 0) is 10.0 Å². The molecule has 0 saturated heterocycles. The number of aryl methyl sites for hydroxylation is 2. The molecule has 0 spiro atoms. The van der Waals surface area contributed by atoms with Gasteiger partial charge >= 0.3 is 0 Å². The number of benzene rings is 2. The molecule has 0 aliphatic heterocycles. The minimum atomic E-state index is -3.76. The van der Waals surface area contributed by atoms with Gasteiger partial charge in [-0.1, -0.05) is 0 Å². The molecule has 8 nitrogen and oxygen atoms in total. The molecule has 2 aromatic heterocycles. The minimum Gasteiger partial charge on any atom is -0.496 e. The smallest absolute Gasteiger partial charge is 0.262 e. The highest BCUT2D eigenvalue weighted by Gasteiger charge is 2.19. The fourth-order valence-corrected chi connectivity index (χ4v) is 4.58. The van der Waals surface area contributed by atoms with Crippen LogP contribution in [0.1, 0.15) is 11.1 Å². The van der Waals surface area contributed by atoms with Crippen molar-refractivity contribution in [1.29, 1.82) is 0 Å². The second kappa shape index (κ2) is 8.72. The Morgan fingerprint density at radius 3 is 2.34 bits per heavy atom. The van der Waals surface area contributed by atoms with E-state index >= 15 is 0 Å². The molecule has 0 bridgehead atoms. The summed E-state index contributed by atoms with van der Waals surface area (Å²) in [5.74, 6) is 2.21. The molecule has 0 radical (unpaired) electrons. The maximum atomic E-state index is 12.9. The number of sulfonamides is 1. The molecule has 4 rings (SSSR count). The first-order chi connectivity index (χ1) is 15.4. The Kier molecular flexibility index (Phi) is 5.83. The highest BCUT2D eigenvalue weighted by atomic mass is 32.2. The molecule has 0 fully saturated rings. The largest absolute Gasteiger partial charge is 0.496 e. The SMILES string of the molecule is COc1cc(C)c(S(=O)(=O)Nc2ccc(Oc3cc(-n4cccc4)ncn3)cc2)cc1C. The van der Waals surface area contributed by atoms with E-state index in [1.807, 2.05) is 29.1 Å². The number of rotatable bonds is 7. The maximum Gasteiger partial charge on any atom is 0.262 e. The Morgan fingerprint density at radius 2 is 1.66 bits per heavy atom. The molecule has 32 heavy (non-hydrogen) atoms. The zero-order chi connectivity index (χ0) is 22.7. The normalized spacial score (nSPS) is 11.2. The van der Waals surface area contributed by atoms with Crippen LogP contribution in [0.4, 0.5) is 5.69 Å². The van der Waals surface area contributed by atoms with E-state index in [-0.39, 0.29) is 4.90 Å². The van der Waals surface area contributed by atoms with E-state index in [1.54, 1.807) is 63.4 Å². The first kappa shape index (κ1) is 21.4. The zero-order valence-electron chi connectivity index (χ0n) is 17.8. The summed E-state index contributed by atoms with van der Waals surface area (Å²) in [5.41, 5.74) is 1.76. The summed E-state index contributed by atoms with van der Waals surface area (Å²) < 4.78 is 41.3. The number of hydrogen-bond acceptors (Lipinski definition) is 6. The highest BCUT2D eigenvalue weighted by Crippen LogP contribution is 2.28. The van der Waals surface area contributed by atoms with Gasteiger partial charge in [0.25, 0.3) is 10.0 Å². The average Bonchev–Trinajstić information content (AvgIpc) is 3.31. The van der Waals surface area contributed by atoms with Crippen molar-refractivity contribution in [2.24, 2.45) is 0 Å². The van der Waals surface area contributed by atoms with Crippen LogP contribution in [0.5, 0.6) is 17.4 Å². The van der Waals surface area contributed by atoms with Crippen molar-refractivity contribution in [2.45, 2.75) is 18.7 Å². The Balaban J connectivity index is 1.50. The molecule has 0 aliphatic carbocycles. The van der Waals surface area contributed by atoms with E-state index in [9.17, 15) is 8.42 Å². The maximum absolute atomic E-state index is 12.9. The van der Waals surface area contributed by atoms with E-state index in [2.05, 4.69) is 14.7 Å². The molecule has 0 saturated carbocycles. The van der Waals surface area contributed by atoms with E-state index in [0.29, 0.717) is 34.4 Å². The third kappa shape index (κ3) is 4.57. The summed E-state index contributed by atoms with van der Waals surface area (Å²) in [5, 5.41) is 0. The lowest BCUT2D eigenvalue weighted by Crippen LogP contribution is -2.14. The predicted octanol–water partition coefficient (Wildman–Crippen LogP) is 4.49. The number of methoxy groups -OCH3 is 1. The molecular formula is C23H22N4O4S. The Hall–Kier alpha value is -3.85. The minimum absolute atomic E-state index is 0.203. The topological polar surface area (TPSA) is 95.3 Å². The van der Waals surface area contributed by atoms with Crippen molar-refractivity contribution >= 4 is 15.7 Å². The third-order valence-electron chi connectivity index (χ3n) is 4.81. The van der Waals surface area contributed by atoms with Crippen LogP contribution in [0.2, 0.25) is 0 Å². The van der Waals surface area contributed by atoms with Crippen LogP contribution in [0.3, 0.4) is 0 Å². The third-order valence-corrected chi connectivity index (χ3v) is 6.33. The van der Waals surface area contributed by atoms with Crippen molar-refractivity contribution in [3.63, 3.8) is 0 Å². The lowest BCUT2D eigenvalue weighted by Gasteiger charge is -2.14. The molecule has 4 aromatic rings. The van der Waals surface area contributed by atoms with Crippen LogP contribution < -0.4 is 14.2 Å². The van der Waals surface area contributed by atoms with Crippen molar-refractivity contribution in [3.8, 4) is 23.2 Å². The molecule has 2 aromatic carbocycles. The molecule has 0 aliphatic rings. The molecule has 2 heterocycles. The van der Waals surface area contributed by atoms with Gasteiger partial charge in [0.15, 0.2) is 0 Å². The predicted molar refractivity (Wildman–Crippen MR) is 121 cm³/mol. The van der Waals surface area contributed by atoms with Gasteiger partial charge in [-0.3, -0.25) is 4.72 Å². The first-order valence-corrected chi connectivity index (χ1v) is 11.3. The summed E-state index contributed by atoms with van der Waals surface area (Å²) in [4.78, 5) is 8.55. The van der Waals surface area contributed by atoms with Crippen LogP contribution in [0, 0.1) is 13.8 Å². The summed E-state index contributed by atoms with van der Waals surface area (Å²) >= 11 is 0. The Morgan fingerprint density at radius 1 is 0.938 bits per heavy atom. The van der Waals surface area contributed by atoms with Crippen molar-refractivity contribution in [1.82, 2.24) is 14.5 Å². The average molecular weight is 451 g/mol. The number of anilines is 1.